The normalized spacial score (nSPS) is 14.0. The highest BCUT2D eigenvalue weighted by Crippen LogP contribution is 2.30. The van der Waals surface area contributed by atoms with Crippen molar-refractivity contribution in [2.24, 2.45) is 11.1 Å². The maximum Gasteiger partial charge on any atom is 0.238 e. The van der Waals surface area contributed by atoms with Crippen LogP contribution in [0.1, 0.15) is 24.1 Å². The number of benzene rings is 1. The van der Waals surface area contributed by atoms with E-state index in [2.05, 4.69) is 15.6 Å². The van der Waals surface area contributed by atoms with Gasteiger partial charge >= 0.3 is 0 Å². The first-order valence-electron chi connectivity index (χ1n) is 7.95. The van der Waals surface area contributed by atoms with Gasteiger partial charge in [0.2, 0.25) is 21.8 Å². The highest BCUT2D eigenvalue weighted by Gasteiger charge is 2.30. The van der Waals surface area contributed by atoms with Gasteiger partial charge in [-0.3, -0.25) is 9.59 Å². The lowest BCUT2D eigenvalue weighted by atomic mass is 10.2. The summed E-state index contributed by atoms with van der Waals surface area (Å²) in [5.41, 5.74) is 1.34. The summed E-state index contributed by atoms with van der Waals surface area (Å²) in [5.74, 6) is -0.129. The van der Waals surface area contributed by atoms with Gasteiger partial charge < -0.3 is 10.6 Å². The predicted molar refractivity (Wildman–Crippen MR) is 96.8 cm³/mol. The number of thiazole rings is 1. The molecule has 3 rings (SSSR count). The molecular weight excluding hydrogens is 376 g/mol. The fourth-order valence-electron chi connectivity index (χ4n) is 2.22. The Kier molecular flexibility index (Phi) is 5.35. The molecule has 8 nitrogen and oxygen atoms in total. The number of sulfonamides is 1. The number of rotatable bonds is 7. The number of aromatic nitrogens is 1. The first kappa shape index (κ1) is 18.5. The van der Waals surface area contributed by atoms with E-state index in [0.717, 1.165) is 18.4 Å². The number of primary sulfonamides is 1. The monoisotopic (exact) mass is 394 g/mol. The Morgan fingerprint density at radius 1 is 1.23 bits per heavy atom. The fraction of sp³-hybridized carbons (Fsp3) is 0.312. The molecule has 1 saturated carbocycles. The van der Waals surface area contributed by atoms with E-state index in [-0.39, 0.29) is 35.6 Å². The summed E-state index contributed by atoms with van der Waals surface area (Å²) in [5, 5.41) is 12.8. The second-order valence-corrected chi connectivity index (χ2v) is 8.47. The molecule has 2 aromatic rings. The molecule has 1 aliphatic rings. The fourth-order valence-corrected chi connectivity index (χ4v) is 3.45. The molecule has 138 valence electrons. The summed E-state index contributed by atoms with van der Waals surface area (Å²) in [6, 6.07) is 5.97. The molecule has 0 spiro atoms. The number of nitrogens with zero attached hydrogens (tertiary/aromatic N) is 1. The highest BCUT2D eigenvalue weighted by molar-refractivity contribution is 7.89. The van der Waals surface area contributed by atoms with Crippen LogP contribution >= 0.6 is 11.3 Å². The van der Waals surface area contributed by atoms with E-state index in [1.165, 1.54) is 23.5 Å². The molecule has 4 N–H and O–H groups in total. The standard InChI is InChI=1S/C16H18N4O4S2/c17-26(23,24)13-5-1-10(2-6-13)8-18-14(21)7-12-9-25-16(19-12)20-15(22)11-3-4-11/h1-2,5-6,9,11H,3-4,7-8H2,(H,18,21)(H2,17,23,24)(H,19,20,22). The molecule has 2 amide bonds. The van der Waals surface area contributed by atoms with Gasteiger partial charge in [0.05, 0.1) is 17.0 Å². The van der Waals surface area contributed by atoms with E-state index in [0.29, 0.717) is 10.8 Å². The van der Waals surface area contributed by atoms with Crippen molar-refractivity contribution in [1.29, 1.82) is 0 Å². The van der Waals surface area contributed by atoms with Crippen molar-refractivity contribution in [2.45, 2.75) is 30.7 Å². The largest absolute Gasteiger partial charge is 0.352 e. The third-order valence-electron chi connectivity index (χ3n) is 3.81. The van der Waals surface area contributed by atoms with E-state index in [9.17, 15) is 18.0 Å². The number of carbonyl (C=O) groups excluding carboxylic acids is 2. The van der Waals surface area contributed by atoms with Crippen molar-refractivity contribution in [3.8, 4) is 0 Å². The molecule has 1 heterocycles. The van der Waals surface area contributed by atoms with Crippen LogP contribution in [-0.4, -0.2) is 25.2 Å². The van der Waals surface area contributed by atoms with Gasteiger partial charge in [0.15, 0.2) is 5.13 Å². The van der Waals surface area contributed by atoms with Crippen molar-refractivity contribution in [3.05, 3.63) is 40.9 Å². The number of nitrogens with one attached hydrogen (secondary N) is 2. The van der Waals surface area contributed by atoms with Crippen molar-refractivity contribution >= 4 is 38.3 Å². The number of hydrogen-bond acceptors (Lipinski definition) is 6. The molecule has 0 bridgehead atoms. The SMILES string of the molecule is NS(=O)(=O)c1ccc(CNC(=O)Cc2csc(NC(=O)C3CC3)n2)cc1. The Bertz CT molecular complexity index is 918. The molecule has 1 aromatic carbocycles. The second-order valence-electron chi connectivity index (χ2n) is 6.05. The van der Waals surface area contributed by atoms with Crippen LogP contribution in [0.15, 0.2) is 34.5 Å². The zero-order valence-electron chi connectivity index (χ0n) is 13.8. The minimum absolute atomic E-state index is 0.0155. The Morgan fingerprint density at radius 2 is 1.92 bits per heavy atom. The highest BCUT2D eigenvalue weighted by atomic mass is 32.2. The van der Waals surface area contributed by atoms with Gasteiger partial charge in [-0.05, 0) is 30.5 Å². The maximum atomic E-state index is 12.0. The Labute approximate surface area is 154 Å². The predicted octanol–water partition coefficient (Wildman–Crippen LogP) is 0.998. The summed E-state index contributed by atoms with van der Waals surface area (Å²) in [6.07, 6.45) is 1.94. The zero-order chi connectivity index (χ0) is 18.7. The average molecular weight is 394 g/mol. The van der Waals surface area contributed by atoms with E-state index < -0.39 is 10.0 Å². The summed E-state index contributed by atoms with van der Waals surface area (Å²) < 4.78 is 22.4. The third-order valence-corrected chi connectivity index (χ3v) is 5.55. The number of nitrogens with two attached hydrogens (primary N) is 1. The Morgan fingerprint density at radius 3 is 2.54 bits per heavy atom. The van der Waals surface area contributed by atoms with Gasteiger partial charge in [-0.15, -0.1) is 11.3 Å². The van der Waals surface area contributed by atoms with Crippen LogP contribution in [0, 0.1) is 5.92 Å². The molecule has 10 heteroatoms. The van der Waals surface area contributed by atoms with Crippen LogP contribution in [0.2, 0.25) is 0 Å². The average Bonchev–Trinajstić information content (AvgIpc) is 3.35. The molecule has 1 fully saturated rings. The van der Waals surface area contributed by atoms with Crippen LogP contribution in [0.4, 0.5) is 5.13 Å². The summed E-state index contributed by atoms with van der Waals surface area (Å²) in [4.78, 5) is 28.0. The molecule has 1 aliphatic carbocycles. The molecule has 0 radical (unpaired) electrons. The van der Waals surface area contributed by atoms with Gasteiger partial charge in [0.1, 0.15) is 0 Å². The Hall–Kier alpha value is -2.30. The van der Waals surface area contributed by atoms with Crippen LogP contribution < -0.4 is 15.8 Å². The topological polar surface area (TPSA) is 131 Å². The quantitative estimate of drug-likeness (QED) is 0.645. The zero-order valence-corrected chi connectivity index (χ0v) is 15.4. The minimum Gasteiger partial charge on any atom is -0.352 e. The lowest BCUT2D eigenvalue weighted by Gasteiger charge is -2.05. The van der Waals surface area contributed by atoms with E-state index in [1.54, 1.807) is 17.5 Å². The summed E-state index contributed by atoms with van der Waals surface area (Å²) in [7, 11) is -3.72. The first-order chi connectivity index (χ1) is 12.3. The van der Waals surface area contributed by atoms with Gasteiger partial charge in [-0.2, -0.15) is 0 Å². The van der Waals surface area contributed by atoms with Crippen LogP contribution in [0.3, 0.4) is 0 Å². The van der Waals surface area contributed by atoms with Crippen molar-refractivity contribution in [3.63, 3.8) is 0 Å². The first-order valence-corrected chi connectivity index (χ1v) is 10.4. The molecule has 26 heavy (non-hydrogen) atoms. The van der Waals surface area contributed by atoms with Crippen LogP contribution in [0.5, 0.6) is 0 Å². The molecular formula is C16H18N4O4S2. The number of carbonyl (C=O) groups is 2. The molecule has 0 saturated heterocycles. The van der Waals surface area contributed by atoms with Gasteiger partial charge in [-0.25, -0.2) is 18.5 Å². The van der Waals surface area contributed by atoms with E-state index >= 15 is 0 Å². The maximum absolute atomic E-state index is 12.0. The van der Waals surface area contributed by atoms with Crippen molar-refractivity contribution < 1.29 is 18.0 Å². The van der Waals surface area contributed by atoms with Crippen LogP contribution in [-0.2, 0) is 32.6 Å². The molecule has 0 aliphatic heterocycles. The summed E-state index contributed by atoms with van der Waals surface area (Å²) >= 11 is 1.29. The van der Waals surface area contributed by atoms with Gasteiger partial charge in [-0.1, -0.05) is 12.1 Å². The summed E-state index contributed by atoms with van der Waals surface area (Å²) in [6.45, 7) is 0.263. The van der Waals surface area contributed by atoms with E-state index in [1.807, 2.05) is 0 Å². The number of anilines is 1. The Balaban J connectivity index is 1.48. The van der Waals surface area contributed by atoms with Gasteiger partial charge in [0, 0.05) is 17.8 Å². The third kappa shape index (κ3) is 5.10. The van der Waals surface area contributed by atoms with Crippen LogP contribution in [0.25, 0.3) is 0 Å². The molecule has 0 atom stereocenters. The second kappa shape index (κ2) is 7.52. The minimum atomic E-state index is -3.72. The smallest absolute Gasteiger partial charge is 0.238 e. The van der Waals surface area contributed by atoms with Crippen molar-refractivity contribution in [1.82, 2.24) is 10.3 Å². The molecule has 1 aromatic heterocycles. The lowest BCUT2D eigenvalue weighted by molar-refractivity contribution is -0.120. The van der Waals surface area contributed by atoms with E-state index in [4.69, 9.17) is 5.14 Å². The van der Waals surface area contributed by atoms with Crippen molar-refractivity contribution in [2.75, 3.05) is 5.32 Å². The number of amides is 2. The molecule has 0 unspecified atom stereocenters. The lowest BCUT2D eigenvalue weighted by Crippen LogP contribution is -2.24. The van der Waals surface area contributed by atoms with Gasteiger partial charge in [0.25, 0.3) is 0 Å². The number of hydrogen-bond donors (Lipinski definition) is 3.